The monoisotopic (exact) mass is 308 g/mol. The maximum atomic E-state index is 6.29. The van der Waals surface area contributed by atoms with Crippen molar-refractivity contribution in [2.75, 3.05) is 5.73 Å². The minimum Gasteiger partial charge on any atom is -0.399 e. The van der Waals surface area contributed by atoms with Gasteiger partial charge in [0.15, 0.2) is 0 Å². The third-order valence-corrected chi connectivity index (χ3v) is 5.22. The van der Waals surface area contributed by atoms with Crippen LogP contribution in [0.4, 0.5) is 5.69 Å². The van der Waals surface area contributed by atoms with Gasteiger partial charge in [0.05, 0.1) is 11.2 Å². The predicted molar refractivity (Wildman–Crippen MR) is 95.9 cm³/mol. The first-order chi connectivity index (χ1) is 10.8. The van der Waals surface area contributed by atoms with Crippen molar-refractivity contribution in [1.82, 2.24) is 4.98 Å². The molecule has 0 amide bonds. The fraction of sp³-hybridized carbons (Fsp3) is 0.333. The molecule has 1 fully saturated rings. The Morgan fingerprint density at radius 2 is 1.57 bits per heavy atom. The maximum absolute atomic E-state index is 6.29. The van der Waals surface area contributed by atoms with Crippen LogP contribution < -0.4 is 11.2 Å². The molecular formula is C18H21BN2O2. The highest BCUT2D eigenvalue weighted by Crippen LogP contribution is 2.37. The van der Waals surface area contributed by atoms with Crippen molar-refractivity contribution >= 4 is 40.1 Å². The second kappa shape index (κ2) is 4.52. The third kappa shape index (κ3) is 2.07. The van der Waals surface area contributed by atoms with Gasteiger partial charge in [0.25, 0.3) is 0 Å². The first-order valence-corrected chi connectivity index (χ1v) is 7.94. The van der Waals surface area contributed by atoms with Crippen LogP contribution in [0, 0.1) is 0 Å². The molecule has 1 saturated heterocycles. The van der Waals surface area contributed by atoms with Gasteiger partial charge in [-0.15, -0.1) is 0 Å². The SMILES string of the molecule is CC1(C)OB(c2cc3c(cc2N)[nH]c2ccccc23)OC1(C)C. The normalized spacial score (nSPS) is 19.7. The molecule has 4 nitrogen and oxygen atoms in total. The number of para-hydroxylation sites is 1. The zero-order chi connectivity index (χ0) is 16.4. The fourth-order valence-electron chi connectivity index (χ4n) is 3.11. The van der Waals surface area contributed by atoms with Gasteiger partial charge in [-0.3, -0.25) is 0 Å². The molecule has 0 bridgehead atoms. The van der Waals surface area contributed by atoms with Crippen LogP contribution in [0.3, 0.4) is 0 Å². The van der Waals surface area contributed by atoms with Crippen molar-refractivity contribution in [2.45, 2.75) is 38.9 Å². The summed E-state index contributed by atoms with van der Waals surface area (Å²) in [6.45, 7) is 8.20. The molecule has 0 spiro atoms. The zero-order valence-corrected chi connectivity index (χ0v) is 13.9. The van der Waals surface area contributed by atoms with Gasteiger partial charge in [0.2, 0.25) is 0 Å². The van der Waals surface area contributed by atoms with Crippen molar-refractivity contribution in [1.29, 1.82) is 0 Å². The van der Waals surface area contributed by atoms with Gasteiger partial charge in [-0.05, 0) is 39.8 Å². The van der Waals surface area contributed by atoms with E-state index in [9.17, 15) is 0 Å². The van der Waals surface area contributed by atoms with E-state index in [4.69, 9.17) is 15.0 Å². The Labute approximate surface area is 136 Å². The van der Waals surface area contributed by atoms with Gasteiger partial charge in [-0.25, -0.2) is 0 Å². The lowest BCUT2D eigenvalue weighted by Crippen LogP contribution is -2.41. The summed E-state index contributed by atoms with van der Waals surface area (Å²) in [4.78, 5) is 3.41. The molecule has 2 aromatic carbocycles. The molecule has 1 aliphatic rings. The topological polar surface area (TPSA) is 60.3 Å². The standard InChI is InChI=1S/C18H21BN2O2/c1-17(2)18(3,4)23-19(22-17)13-9-12-11-7-5-6-8-15(11)21-16(12)10-14(13)20/h5-10,21H,20H2,1-4H3. The van der Waals surface area contributed by atoms with Crippen molar-refractivity contribution in [3.05, 3.63) is 36.4 Å². The Hall–Kier alpha value is -1.98. The Bertz CT molecular complexity index is 898. The molecule has 0 unspecified atom stereocenters. The summed E-state index contributed by atoms with van der Waals surface area (Å²) in [7, 11) is -0.446. The Morgan fingerprint density at radius 3 is 2.26 bits per heavy atom. The average Bonchev–Trinajstić information content (AvgIpc) is 2.91. The van der Waals surface area contributed by atoms with Crippen LogP contribution in [0.2, 0.25) is 0 Å². The predicted octanol–water partition coefficient (Wildman–Crippen LogP) is 3.20. The average molecular weight is 308 g/mol. The first kappa shape index (κ1) is 14.6. The molecule has 5 heteroatoms. The van der Waals surface area contributed by atoms with Gasteiger partial charge in [-0.2, -0.15) is 0 Å². The summed E-state index contributed by atoms with van der Waals surface area (Å²) in [5.41, 5.74) is 9.24. The number of rotatable bonds is 1. The maximum Gasteiger partial charge on any atom is 0.496 e. The van der Waals surface area contributed by atoms with E-state index in [2.05, 4.69) is 23.2 Å². The van der Waals surface area contributed by atoms with Crippen molar-refractivity contribution in [3.8, 4) is 0 Å². The van der Waals surface area contributed by atoms with Gasteiger partial charge < -0.3 is 20.0 Å². The van der Waals surface area contributed by atoms with Crippen LogP contribution in [0.1, 0.15) is 27.7 Å². The van der Waals surface area contributed by atoms with E-state index in [1.54, 1.807) is 0 Å². The van der Waals surface area contributed by atoms with Crippen LogP contribution in [0.5, 0.6) is 0 Å². The number of hydrogen-bond donors (Lipinski definition) is 2. The number of fused-ring (bicyclic) bond motifs is 3. The van der Waals surface area contributed by atoms with E-state index in [0.29, 0.717) is 5.69 Å². The van der Waals surface area contributed by atoms with Crippen LogP contribution in [-0.2, 0) is 9.31 Å². The summed E-state index contributed by atoms with van der Waals surface area (Å²) < 4.78 is 12.3. The molecule has 23 heavy (non-hydrogen) atoms. The second-order valence-electron chi connectivity index (χ2n) is 7.29. The Kier molecular flexibility index (Phi) is 2.87. The van der Waals surface area contributed by atoms with E-state index in [1.165, 1.54) is 5.39 Å². The van der Waals surface area contributed by atoms with Crippen molar-refractivity contribution in [2.24, 2.45) is 0 Å². The second-order valence-corrected chi connectivity index (χ2v) is 7.29. The molecule has 3 N–H and O–H groups in total. The molecule has 0 radical (unpaired) electrons. The molecule has 1 aliphatic heterocycles. The van der Waals surface area contributed by atoms with E-state index >= 15 is 0 Å². The fourth-order valence-corrected chi connectivity index (χ4v) is 3.11. The van der Waals surface area contributed by atoms with Crippen LogP contribution >= 0.6 is 0 Å². The Morgan fingerprint density at radius 1 is 0.913 bits per heavy atom. The van der Waals surface area contributed by atoms with E-state index in [1.807, 2.05) is 45.9 Å². The summed E-state index contributed by atoms with van der Waals surface area (Å²) in [6.07, 6.45) is 0. The lowest BCUT2D eigenvalue weighted by molar-refractivity contribution is 0.00578. The number of nitrogens with two attached hydrogens (primary N) is 1. The van der Waals surface area contributed by atoms with Gasteiger partial charge in [0.1, 0.15) is 0 Å². The molecule has 1 aromatic heterocycles. The van der Waals surface area contributed by atoms with Crippen LogP contribution in [-0.4, -0.2) is 23.3 Å². The minimum absolute atomic E-state index is 0.376. The molecule has 0 aliphatic carbocycles. The number of anilines is 1. The van der Waals surface area contributed by atoms with Crippen LogP contribution in [0.25, 0.3) is 21.8 Å². The Balaban J connectivity index is 1.88. The minimum atomic E-state index is -0.446. The smallest absolute Gasteiger partial charge is 0.399 e. The number of benzene rings is 2. The highest BCUT2D eigenvalue weighted by molar-refractivity contribution is 6.64. The summed E-state index contributed by atoms with van der Waals surface area (Å²) >= 11 is 0. The molecular weight excluding hydrogens is 287 g/mol. The number of nitrogens with one attached hydrogen (secondary N) is 1. The lowest BCUT2D eigenvalue weighted by Gasteiger charge is -2.32. The van der Waals surface area contributed by atoms with E-state index in [0.717, 1.165) is 21.9 Å². The summed E-state index contributed by atoms with van der Waals surface area (Å²) in [5.74, 6) is 0. The van der Waals surface area contributed by atoms with E-state index < -0.39 is 7.12 Å². The number of hydrogen-bond acceptors (Lipinski definition) is 3. The quantitative estimate of drug-likeness (QED) is 0.536. The summed E-state index contributed by atoms with van der Waals surface area (Å²) in [6, 6.07) is 12.3. The molecule has 0 saturated carbocycles. The third-order valence-electron chi connectivity index (χ3n) is 5.22. The molecule has 2 heterocycles. The zero-order valence-electron chi connectivity index (χ0n) is 13.9. The van der Waals surface area contributed by atoms with Gasteiger partial charge >= 0.3 is 7.12 Å². The number of nitrogen functional groups attached to an aromatic ring is 1. The molecule has 3 aromatic rings. The van der Waals surface area contributed by atoms with Crippen molar-refractivity contribution < 1.29 is 9.31 Å². The summed E-state index contributed by atoms with van der Waals surface area (Å²) in [5, 5.41) is 2.32. The largest absolute Gasteiger partial charge is 0.496 e. The molecule has 4 rings (SSSR count). The van der Waals surface area contributed by atoms with Crippen LogP contribution in [0.15, 0.2) is 36.4 Å². The number of H-pyrrole nitrogens is 1. The van der Waals surface area contributed by atoms with Crippen molar-refractivity contribution in [3.63, 3.8) is 0 Å². The lowest BCUT2D eigenvalue weighted by atomic mass is 9.77. The molecule has 0 atom stereocenters. The first-order valence-electron chi connectivity index (χ1n) is 7.94. The highest BCUT2D eigenvalue weighted by atomic mass is 16.7. The van der Waals surface area contributed by atoms with Gasteiger partial charge in [0, 0.05) is 33.0 Å². The number of aromatic amines is 1. The van der Waals surface area contributed by atoms with E-state index in [-0.39, 0.29) is 11.2 Å². The molecule has 118 valence electrons. The number of aromatic nitrogens is 1. The van der Waals surface area contributed by atoms with Gasteiger partial charge in [-0.1, -0.05) is 24.3 Å². The highest BCUT2D eigenvalue weighted by Gasteiger charge is 2.52.